The second-order valence-electron chi connectivity index (χ2n) is 5.03. The maximum absolute atomic E-state index is 11.7. The number of nitrogens with zero attached hydrogens (tertiary/aromatic N) is 2. The van der Waals surface area contributed by atoms with E-state index in [1.165, 1.54) is 5.56 Å². The first-order valence-corrected chi connectivity index (χ1v) is 5.93. The number of allylic oxidation sites excluding steroid dienone is 2. The largest absolute Gasteiger partial charge is 0.347 e. The molecule has 2 rings (SSSR count). The molecule has 92 valence electrons. The van der Waals surface area contributed by atoms with Crippen molar-refractivity contribution in [3.63, 3.8) is 0 Å². The normalized spacial score (nSPS) is 18.6. The molecule has 1 heterocycles. The molecule has 0 spiro atoms. The fourth-order valence-corrected chi connectivity index (χ4v) is 2.54. The van der Waals surface area contributed by atoms with Crippen LogP contribution in [0.1, 0.15) is 25.8 Å². The minimum absolute atomic E-state index is 0.0657. The Balaban J connectivity index is 2.48. The van der Waals surface area contributed by atoms with Gasteiger partial charge in [0.1, 0.15) is 0 Å². The number of hydrogen-bond acceptors (Lipinski definition) is 3. The van der Waals surface area contributed by atoms with Gasteiger partial charge < -0.3 is 4.90 Å². The van der Waals surface area contributed by atoms with Crippen LogP contribution in [0.5, 0.6) is 0 Å². The fourth-order valence-electron chi connectivity index (χ4n) is 2.54. The Bertz CT molecular complexity index is 564. The first kappa shape index (κ1) is 12.4. The molecule has 0 saturated carbocycles. The number of anilines is 1. The molecule has 0 radical (unpaired) electrons. The van der Waals surface area contributed by atoms with E-state index in [2.05, 4.69) is 19.9 Å². The van der Waals surface area contributed by atoms with Crippen molar-refractivity contribution in [3.8, 4) is 6.07 Å². The number of carbonyl (C=O) groups is 1. The van der Waals surface area contributed by atoms with E-state index in [9.17, 15) is 4.79 Å². The molecule has 0 bridgehead atoms. The van der Waals surface area contributed by atoms with E-state index in [-0.39, 0.29) is 17.6 Å². The van der Waals surface area contributed by atoms with Crippen LogP contribution in [0, 0.1) is 11.3 Å². The molecule has 3 heteroatoms. The van der Waals surface area contributed by atoms with Crippen LogP contribution in [-0.2, 0) is 10.2 Å². The van der Waals surface area contributed by atoms with Gasteiger partial charge in [-0.3, -0.25) is 4.79 Å². The summed E-state index contributed by atoms with van der Waals surface area (Å²) in [5, 5.41) is 8.57. The third kappa shape index (κ3) is 1.80. The number of hydrogen-bond donors (Lipinski definition) is 0. The summed E-state index contributed by atoms with van der Waals surface area (Å²) in [4.78, 5) is 13.7. The Kier molecular flexibility index (Phi) is 2.96. The van der Waals surface area contributed by atoms with Gasteiger partial charge in [-0.15, -0.1) is 0 Å². The minimum atomic E-state index is -0.198. The van der Waals surface area contributed by atoms with Crippen LogP contribution in [0.3, 0.4) is 0 Å². The zero-order valence-electron chi connectivity index (χ0n) is 10.9. The van der Waals surface area contributed by atoms with Gasteiger partial charge in [-0.25, -0.2) is 0 Å². The number of carbonyl (C=O) groups excluding carboxylic acids is 1. The summed E-state index contributed by atoms with van der Waals surface area (Å²) < 4.78 is 0. The predicted molar refractivity (Wildman–Crippen MR) is 71.2 cm³/mol. The average molecular weight is 240 g/mol. The van der Waals surface area contributed by atoms with Crippen LogP contribution in [-0.4, -0.2) is 12.8 Å². The Morgan fingerprint density at radius 2 is 2.11 bits per heavy atom. The average Bonchev–Trinajstić information content (AvgIpc) is 2.52. The number of para-hydroxylation sites is 1. The van der Waals surface area contributed by atoms with Gasteiger partial charge in [0.05, 0.1) is 12.5 Å². The van der Waals surface area contributed by atoms with E-state index in [1.54, 1.807) is 6.08 Å². The molecule has 1 aliphatic rings. The Labute approximate surface area is 107 Å². The van der Waals surface area contributed by atoms with Crippen molar-refractivity contribution < 1.29 is 4.79 Å². The smallest absolute Gasteiger partial charge is 0.171 e. The summed E-state index contributed by atoms with van der Waals surface area (Å²) >= 11 is 0. The van der Waals surface area contributed by atoms with Gasteiger partial charge in [0.15, 0.2) is 5.78 Å². The monoisotopic (exact) mass is 240 g/mol. The summed E-state index contributed by atoms with van der Waals surface area (Å²) in [6.45, 7) is 4.20. The van der Waals surface area contributed by atoms with Gasteiger partial charge in [0, 0.05) is 29.9 Å². The van der Waals surface area contributed by atoms with Crippen LogP contribution in [0.15, 0.2) is 36.0 Å². The lowest BCUT2D eigenvalue weighted by molar-refractivity contribution is -0.113. The van der Waals surface area contributed by atoms with Crippen molar-refractivity contribution in [1.29, 1.82) is 5.26 Å². The van der Waals surface area contributed by atoms with E-state index in [0.717, 1.165) is 11.4 Å². The minimum Gasteiger partial charge on any atom is -0.347 e. The maximum Gasteiger partial charge on any atom is 0.171 e. The predicted octanol–water partition coefficient (Wildman–Crippen LogP) is 2.78. The van der Waals surface area contributed by atoms with E-state index >= 15 is 0 Å². The van der Waals surface area contributed by atoms with Gasteiger partial charge in [0.25, 0.3) is 0 Å². The highest BCUT2D eigenvalue weighted by atomic mass is 16.1. The molecule has 0 aromatic heterocycles. The van der Waals surface area contributed by atoms with E-state index in [1.807, 2.05) is 36.2 Å². The van der Waals surface area contributed by atoms with Crippen molar-refractivity contribution in [1.82, 2.24) is 0 Å². The second kappa shape index (κ2) is 4.30. The SMILES string of the molecule is CN1C(=CC(=O)CC#N)C(C)(C)c2ccccc21. The Morgan fingerprint density at radius 1 is 1.44 bits per heavy atom. The van der Waals surface area contributed by atoms with Crippen LogP contribution in [0.2, 0.25) is 0 Å². The van der Waals surface area contributed by atoms with Gasteiger partial charge in [0.2, 0.25) is 0 Å². The van der Waals surface area contributed by atoms with Crippen molar-refractivity contribution in [2.75, 3.05) is 11.9 Å². The number of ketones is 1. The molecule has 0 aliphatic carbocycles. The molecule has 0 amide bonds. The summed E-state index contributed by atoms with van der Waals surface area (Å²) in [6, 6.07) is 10.0. The molecule has 0 unspecified atom stereocenters. The van der Waals surface area contributed by atoms with Crippen molar-refractivity contribution in [2.45, 2.75) is 25.7 Å². The highest BCUT2D eigenvalue weighted by molar-refractivity contribution is 5.93. The van der Waals surface area contributed by atoms with Crippen molar-refractivity contribution in [3.05, 3.63) is 41.6 Å². The topological polar surface area (TPSA) is 44.1 Å². The molecule has 0 saturated heterocycles. The summed E-state index contributed by atoms with van der Waals surface area (Å²) in [6.07, 6.45) is 1.53. The number of fused-ring (bicyclic) bond motifs is 1. The Morgan fingerprint density at radius 3 is 2.72 bits per heavy atom. The van der Waals surface area contributed by atoms with Crippen molar-refractivity contribution >= 4 is 11.5 Å². The lowest BCUT2D eigenvalue weighted by atomic mass is 9.83. The third-order valence-electron chi connectivity index (χ3n) is 3.49. The van der Waals surface area contributed by atoms with Gasteiger partial charge in [-0.1, -0.05) is 32.0 Å². The zero-order valence-corrected chi connectivity index (χ0v) is 10.9. The maximum atomic E-state index is 11.7. The number of benzene rings is 1. The van der Waals surface area contributed by atoms with Crippen LogP contribution in [0.4, 0.5) is 5.69 Å². The van der Waals surface area contributed by atoms with E-state index < -0.39 is 0 Å². The van der Waals surface area contributed by atoms with Crippen LogP contribution in [0.25, 0.3) is 0 Å². The molecule has 1 aliphatic heterocycles. The zero-order chi connectivity index (χ0) is 13.3. The number of rotatable bonds is 2. The molecule has 18 heavy (non-hydrogen) atoms. The highest BCUT2D eigenvalue weighted by Crippen LogP contribution is 2.46. The summed E-state index contributed by atoms with van der Waals surface area (Å²) in [5.74, 6) is -0.139. The second-order valence-corrected chi connectivity index (χ2v) is 5.03. The number of likely N-dealkylation sites (N-methyl/N-ethyl adjacent to an activating group) is 1. The van der Waals surface area contributed by atoms with Gasteiger partial charge in [-0.2, -0.15) is 5.26 Å². The molecular formula is C15H16N2O. The molecule has 0 N–H and O–H groups in total. The summed E-state index contributed by atoms with van der Waals surface area (Å²) in [7, 11) is 1.96. The Hall–Kier alpha value is -2.08. The van der Waals surface area contributed by atoms with E-state index in [4.69, 9.17) is 5.26 Å². The van der Waals surface area contributed by atoms with E-state index in [0.29, 0.717) is 0 Å². The standard InChI is InChI=1S/C15H16N2O/c1-15(2)12-6-4-5-7-13(12)17(3)14(15)10-11(18)8-9-16/h4-7,10H,8H2,1-3H3. The van der Waals surface area contributed by atoms with Crippen molar-refractivity contribution in [2.24, 2.45) is 0 Å². The molecular weight excluding hydrogens is 224 g/mol. The highest BCUT2D eigenvalue weighted by Gasteiger charge is 2.38. The lowest BCUT2D eigenvalue weighted by Gasteiger charge is -2.23. The third-order valence-corrected chi connectivity index (χ3v) is 3.49. The fraction of sp³-hybridized carbons (Fsp3) is 0.333. The molecule has 0 atom stereocenters. The molecule has 1 aromatic carbocycles. The molecule has 1 aromatic rings. The van der Waals surface area contributed by atoms with Gasteiger partial charge >= 0.3 is 0 Å². The molecule has 3 nitrogen and oxygen atoms in total. The van der Waals surface area contributed by atoms with Crippen LogP contribution >= 0.6 is 0 Å². The van der Waals surface area contributed by atoms with Crippen LogP contribution < -0.4 is 4.90 Å². The van der Waals surface area contributed by atoms with Gasteiger partial charge in [-0.05, 0) is 11.6 Å². The molecule has 0 fully saturated rings. The first-order chi connectivity index (χ1) is 8.48. The lowest BCUT2D eigenvalue weighted by Crippen LogP contribution is -2.24. The quantitative estimate of drug-likeness (QED) is 0.747. The number of nitriles is 1. The first-order valence-electron chi connectivity index (χ1n) is 5.93. The summed E-state index contributed by atoms with van der Waals surface area (Å²) in [5.41, 5.74) is 3.09.